The summed E-state index contributed by atoms with van der Waals surface area (Å²) in [5.41, 5.74) is 4.68. The number of hydrogen-bond donors (Lipinski definition) is 4. The normalized spacial score (nSPS) is 18.3. The van der Waals surface area contributed by atoms with Crippen LogP contribution < -0.4 is 21.3 Å². The number of hydrogen-bond acceptors (Lipinski definition) is 12. The smallest absolute Gasteiger partial charge is 0.223 e. The average molecular weight is 615 g/mol. The van der Waals surface area contributed by atoms with Gasteiger partial charge in [0.15, 0.2) is 0 Å². The summed E-state index contributed by atoms with van der Waals surface area (Å²) in [6, 6.07) is 8.52. The standard InChI is InChI=1S/C16H19N5S.C15H19N5S/c1-2-11-10-22-15(19-11)13(9-17)14-7-8-18-16(21-14)20-12-5-3-4-6-12;1-4-11-9-21-14(19-11)12(7-16)13-5-6-17-15(20-13)18-8-10(2)3/h7-8,10,12,19H,2-6H2,1H3,(H,18,20,21);5-6,9-10,19H,4,8H2,1-3H3,(H,17,18,20). The summed E-state index contributed by atoms with van der Waals surface area (Å²) in [7, 11) is 0. The first-order chi connectivity index (χ1) is 20.9. The fourth-order valence-corrected chi connectivity index (χ4v) is 6.29. The molecule has 2 aliphatic heterocycles. The highest BCUT2D eigenvalue weighted by molar-refractivity contribution is 8.06. The maximum atomic E-state index is 9.51. The molecule has 1 saturated carbocycles. The van der Waals surface area contributed by atoms with Crippen molar-refractivity contribution in [1.82, 2.24) is 30.6 Å². The van der Waals surface area contributed by atoms with Crippen LogP contribution in [0.4, 0.5) is 11.9 Å². The maximum Gasteiger partial charge on any atom is 0.223 e. The largest absolute Gasteiger partial charge is 0.354 e. The third kappa shape index (κ3) is 8.99. The quantitative estimate of drug-likeness (QED) is 0.217. The minimum absolute atomic E-state index is 0.459. The Morgan fingerprint density at radius 1 is 0.884 bits per heavy atom. The molecular formula is C31H38N10S2. The lowest BCUT2D eigenvalue weighted by Crippen LogP contribution is -2.17. The average Bonchev–Trinajstić information content (AvgIpc) is 3.81. The minimum Gasteiger partial charge on any atom is -0.354 e. The zero-order valence-corrected chi connectivity index (χ0v) is 26.7. The van der Waals surface area contributed by atoms with Gasteiger partial charge in [0.1, 0.15) is 23.3 Å². The lowest BCUT2D eigenvalue weighted by molar-refractivity contribution is 0.684. The van der Waals surface area contributed by atoms with Gasteiger partial charge in [0, 0.05) is 36.4 Å². The first-order valence-corrected chi connectivity index (χ1v) is 16.4. The van der Waals surface area contributed by atoms with Gasteiger partial charge in [-0.25, -0.2) is 19.9 Å². The topological polar surface area (TPSA) is 147 Å². The summed E-state index contributed by atoms with van der Waals surface area (Å²) in [4.78, 5) is 17.4. The molecule has 4 N–H and O–H groups in total. The van der Waals surface area contributed by atoms with E-state index < -0.39 is 0 Å². The Hall–Kier alpha value is -4.00. The highest BCUT2D eigenvalue weighted by atomic mass is 32.2. The van der Waals surface area contributed by atoms with Crippen molar-refractivity contribution in [2.75, 3.05) is 17.2 Å². The summed E-state index contributed by atoms with van der Waals surface area (Å²) in [6.07, 6.45) is 10.1. The van der Waals surface area contributed by atoms with E-state index in [1.165, 1.54) is 37.4 Å². The first-order valence-electron chi connectivity index (χ1n) is 14.6. The SMILES string of the molecule is CCC1=CSC(=C(C#N)c2ccnc(NC3CCCC3)n2)N1.CCC1=CSC(=C(C#N)c2ccnc(NCC(C)C)n2)N1. The van der Waals surface area contributed by atoms with Crippen LogP contribution in [-0.2, 0) is 0 Å². The number of rotatable bonds is 9. The van der Waals surface area contributed by atoms with Gasteiger partial charge in [0.05, 0.1) is 21.4 Å². The van der Waals surface area contributed by atoms with Crippen molar-refractivity contribution < 1.29 is 0 Å². The molecular weight excluding hydrogens is 577 g/mol. The summed E-state index contributed by atoms with van der Waals surface area (Å²) < 4.78 is 0. The van der Waals surface area contributed by atoms with E-state index in [1.54, 1.807) is 36.3 Å². The second-order valence-corrected chi connectivity index (χ2v) is 12.3. The number of nitrogens with zero attached hydrogens (tertiary/aromatic N) is 6. The van der Waals surface area contributed by atoms with Crippen LogP contribution >= 0.6 is 23.5 Å². The van der Waals surface area contributed by atoms with Gasteiger partial charge in [-0.1, -0.05) is 64.1 Å². The molecule has 5 rings (SSSR count). The molecule has 0 unspecified atom stereocenters. The Labute approximate surface area is 262 Å². The summed E-state index contributed by atoms with van der Waals surface area (Å²) in [5.74, 6) is 1.68. The third-order valence-corrected chi connectivity index (χ3v) is 8.69. The van der Waals surface area contributed by atoms with Crippen LogP contribution in [0.3, 0.4) is 0 Å². The molecule has 2 aromatic heterocycles. The highest BCUT2D eigenvalue weighted by Crippen LogP contribution is 2.33. The summed E-state index contributed by atoms with van der Waals surface area (Å²) in [6.45, 7) is 9.21. The third-order valence-electron chi connectivity index (χ3n) is 6.81. The fraction of sp³-hybridized carbons (Fsp3) is 0.419. The van der Waals surface area contributed by atoms with Crippen LogP contribution in [-0.4, -0.2) is 32.5 Å². The Morgan fingerprint density at radius 2 is 1.40 bits per heavy atom. The van der Waals surface area contributed by atoms with Crippen molar-refractivity contribution in [3.05, 3.63) is 68.2 Å². The number of nitrogens with one attached hydrogen (secondary N) is 4. The van der Waals surface area contributed by atoms with Gasteiger partial charge in [-0.2, -0.15) is 10.5 Å². The predicted molar refractivity (Wildman–Crippen MR) is 177 cm³/mol. The van der Waals surface area contributed by atoms with E-state index in [2.05, 4.69) is 81.0 Å². The lowest BCUT2D eigenvalue weighted by atomic mass is 10.2. The molecule has 0 saturated heterocycles. The van der Waals surface area contributed by atoms with Crippen LogP contribution in [0.15, 0.2) is 56.8 Å². The van der Waals surface area contributed by atoms with Gasteiger partial charge in [0.25, 0.3) is 0 Å². The van der Waals surface area contributed by atoms with Crippen LogP contribution in [0.1, 0.15) is 77.6 Å². The molecule has 0 aromatic carbocycles. The second-order valence-electron chi connectivity index (χ2n) is 10.5. The van der Waals surface area contributed by atoms with Crippen molar-refractivity contribution in [2.45, 2.75) is 72.3 Å². The Morgan fingerprint density at radius 3 is 1.86 bits per heavy atom. The van der Waals surface area contributed by atoms with Crippen LogP contribution in [0.2, 0.25) is 0 Å². The van der Waals surface area contributed by atoms with Gasteiger partial charge in [0.2, 0.25) is 11.9 Å². The van der Waals surface area contributed by atoms with Crippen molar-refractivity contribution >= 4 is 46.6 Å². The van der Waals surface area contributed by atoms with Crippen molar-refractivity contribution in [2.24, 2.45) is 5.92 Å². The molecule has 0 bridgehead atoms. The molecule has 1 aliphatic carbocycles. The van der Waals surface area contributed by atoms with Crippen LogP contribution in [0, 0.1) is 28.6 Å². The van der Waals surface area contributed by atoms with E-state index in [-0.39, 0.29) is 0 Å². The molecule has 4 heterocycles. The molecule has 3 aliphatic rings. The maximum absolute atomic E-state index is 9.51. The van der Waals surface area contributed by atoms with E-state index in [0.717, 1.165) is 40.8 Å². The van der Waals surface area contributed by atoms with Gasteiger partial charge in [-0.15, -0.1) is 0 Å². The van der Waals surface area contributed by atoms with Gasteiger partial charge in [-0.05, 0) is 54.6 Å². The number of allylic oxidation sites excluding steroid dienone is 4. The van der Waals surface area contributed by atoms with E-state index in [4.69, 9.17) is 0 Å². The zero-order chi connectivity index (χ0) is 30.6. The van der Waals surface area contributed by atoms with Crippen molar-refractivity contribution in [1.29, 1.82) is 10.5 Å². The van der Waals surface area contributed by atoms with Crippen LogP contribution in [0.25, 0.3) is 11.1 Å². The van der Waals surface area contributed by atoms with Gasteiger partial charge >= 0.3 is 0 Å². The van der Waals surface area contributed by atoms with E-state index in [1.807, 2.05) is 10.8 Å². The molecule has 2 aromatic rings. The first kappa shape index (κ1) is 31.9. The van der Waals surface area contributed by atoms with Gasteiger partial charge < -0.3 is 21.3 Å². The molecule has 0 amide bonds. The summed E-state index contributed by atoms with van der Waals surface area (Å²) >= 11 is 3.07. The molecule has 224 valence electrons. The van der Waals surface area contributed by atoms with Crippen molar-refractivity contribution in [3.8, 4) is 12.1 Å². The summed E-state index contributed by atoms with van der Waals surface area (Å²) in [5, 5.41) is 37.8. The van der Waals surface area contributed by atoms with E-state index in [0.29, 0.717) is 46.4 Å². The highest BCUT2D eigenvalue weighted by Gasteiger charge is 2.19. The molecule has 12 heteroatoms. The molecule has 1 fully saturated rings. The van der Waals surface area contributed by atoms with E-state index >= 15 is 0 Å². The number of nitriles is 2. The number of aromatic nitrogens is 4. The van der Waals surface area contributed by atoms with Gasteiger partial charge in [-0.3, -0.25) is 0 Å². The van der Waals surface area contributed by atoms with E-state index in [9.17, 15) is 10.5 Å². The number of anilines is 2. The second kappa shape index (κ2) is 16.0. The Balaban J connectivity index is 0.000000197. The van der Waals surface area contributed by atoms with Crippen LogP contribution in [0.5, 0.6) is 0 Å². The Kier molecular flexibility index (Phi) is 11.9. The molecule has 0 atom stereocenters. The monoisotopic (exact) mass is 614 g/mol. The minimum atomic E-state index is 0.459. The fourth-order valence-electron chi connectivity index (χ4n) is 4.40. The molecule has 10 nitrogen and oxygen atoms in total. The lowest BCUT2D eigenvalue weighted by Gasteiger charge is -2.12. The Bertz CT molecular complexity index is 1490. The number of thioether (sulfide) groups is 2. The predicted octanol–water partition coefficient (Wildman–Crippen LogP) is 6.94. The molecule has 0 radical (unpaired) electrons. The molecule has 43 heavy (non-hydrogen) atoms. The zero-order valence-electron chi connectivity index (χ0n) is 25.1. The molecule has 0 spiro atoms. The van der Waals surface area contributed by atoms with Crippen molar-refractivity contribution in [3.63, 3.8) is 0 Å².